The van der Waals surface area contributed by atoms with E-state index in [1.54, 1.807) is 18.2 Å². The summed E-state index contributed by atoms with van der Waals surface area (Å²) in [5.74, 6) is 0.382. The van der Waals surface area contributed by atoms with E-state index in [4.69, 9.17) is 0 Å². The van der Waals surface area contributed by atoms with Gasteiger partial charge in [-0.15, -0.1) is 0 Å². The van der Waals surface area contributed by atoms with Crippen LogP contribution in [0.2, 0.25) is 0 Å². The lowest BCUT2D eigenvalue weighted by Gasteiger charge is -2.14. The molecular formula is C17H21N3O3. The van der Waals surface area contributed by atoms with Gasteiger partial charge in [-0.25, -0.2) is 0 Å². The molecule has 3 rings (SSSR count). The standard InChI is InChI=1S/C17H21N3O3/c21-17(7-4-13-2-1-3-16(10-13)20(22)23)18-11-14-8-9-19(12-14)15-5-6-15/h1-4,7,10,14-15H,5-6,8-9,11-12H2,(H,18,21). The molecule has 122 valence electrons. The molecule has 1 unspecified atom stereocenters. The number of hydrogen-bond acceptors (Lipinski definition) is 4. The van der Waals surface area contributed by atoms with Crippen LogP contribution in [0.5, 0.6) is 0 Å². The smallest absolute Gasteiger partial charge is 0.270 e. The van der Waals surface area contributed by atoms with Crippen molar-refractivity contribution in [3.63, 3.8) is 0 Å². The first-order valence-electron chi connectivity index (χ1n) is 8.06. The van der Waals surface area contributed by atoms with E-state index in [0.717, 1.165) is 25.6 Å². The fourth-order valence-corrected chi connectivity index (χ4v) is 3.02. The second-order valence-corrected chi connectivity index (χ2v) is 6.31. The first-order valence-corrected chi connectivity index (χ1v) is 8.06. The van der Waals surface area contributed by atoms with E-state index in [-0.39, 0.29) is 11.6 Å². The number of amides is 1. The molecule has 1 N–H and O–H groups in total. The number of nitro groups is 1. The number of hydrogen-bond donors (Lipinski definition) is 1. The molecule has 0 aromatic heterocycles. The largest absolute Gasteiger partial charge is 0.352 e. The number of carbonyl (C=O) groups excluding carboxylic acids is 1. The lowest BCUT2D eigenvalue weighted by molar-refractivity contribution is -0.384. The van der Waals surface area contributed by atoms with E-state index in [0.29, 0.717) is 18.0 Å². The molecule has 1 saturated carbocycles. The highest BCUT2D eigenvalue weighted by Crippen LogP contribution is 2.31. The number of nitro benzene ring substituents is 1. The number of carbonyl (C=O) groups is 1. The molecule has 2 fully saturated rings. The first-order chi connectivity index (χ1) is 11.1. The summed E-state index contributed by atoms with van der Waals surface area (Å²) < 4.78 is 0. The van der Waals surface area contributed by atoms with E-state index in [2.05, 4.69) is 10.2 Å². The summed E-state index contributed by atoms with van der Waals surface area (Å²) in [6.07, 6.45) is 6.83. The van der Waals surface area contributed by atoms with Gasteiger partial charge in [0, 0.05) is 37.3 Å². The SMILES string of the molecule is O=C(C=Cc1cccc([N+](=O)[O-])c1)NCC1CCN(C2CC2)C1. The van der Waals surface area contributed by atoms with Crippen LogP contribution in [-0.2, 0) is 4.79 Å². The lowest BCUT2D eigenvalue weighted by Crippen LogP contribution is -2.30. The summed E-state index contributed by atoms with van der Waals surface area (Å²) in [7, 11) is 0. The molecule has 6 nitrogen and oxygen atoms in total. The van der Waals surface area contributed by atoms with Crippen LogP contribution < -0.4 is 5.32 Å². The number of non-ortho nitro benzene ring substituents is 1. The summed E-state index contributed by atoms with van der Waals surface area (Å²) >= 11 is 0. The van der Waals surface area contributed by atoms with Gasteiger partial charge in [-0.3, -0.25) is 14.9 Å². The van der Waals surface area contributed by atoms with Gasteiger partial charge >= 0.3 is 0 Å². The number of nitrogens with one attached hydrogen (secondary N) is 1. The lowest BCUT2D eigenvalue weighted by atomic mass is 10.1. The zero-order valence-electron chi connectivity index (χ0n) is 13.0. The van der Waals surface area contributed by atoms with Crippen molar-refractivity contribution in [1.82, 2.24) is 10.2 Å². The third kappa shape index (κ3) is 4.39. The highest BCUT2D eigenvalue weighted by atomic mass is 16.6. The second kappa shape index (κ2) is 6.91. The average molecular weight is 315 g/mol. The van der Waals surface area contributed by atoms with Gasteiger partial charge in [-0.2, -0.15) is 0 Å². The van der Waals surface area contributed by atoms with E-state index in [9.17, 15) is 14.9 Å². The minimum absolute atomic E-state index is 0.0266. The summed E-state index contributed by atoms with van der Waals surface area (Å²) in [5, 5.41) is 13.6. The normalized spacial score (nSPS) is 21.7. The second-order valence-electron chi connectivity index (χ2n) is 6.31. The third-order valence-corrected chi connectivity index (χ3v) is 4.45. The van der Waals surface area contributed by atoms with Crippen molar-refractivity contribution in [1.29, 1.82) is 0 Å². The van der Waals surface area contributed by atoms with E-state index >= 15 is 0 Å². The van der Waals surface area contributed by atoms with Gasteiger partial charge in [0.2, 0.25) is 5.91 Å². The van der Waals surface area contributed by atoms with E-state index in [1.807, 2.05) is 0 Å². The Morgan fingerprint density at radius 2 is 2.22 bits per heavy atom. The van der Waals surface area contributed by atoms with E-state index < -0.39 is 4.92 Å². The maximum absolute atomic E-state index is 11.9. The van der Waals surface area contributed by atoms with Crippen molar-refractivity contribution in [2.24, 2.45) is 5.92 Å². The minimum Gasteiger partial charge on any atom is -0.352 e. The van der Waals surface area contributed by atoms with Crippen LogP contribution >= 0.6 is 0 Å². The number of rotatable bonds is 6. The van der Waals surface area contributed by atoms with Gasteiger partial charge in [0.1, 0.15) is 0 Å². The molecule has 0 radical (unpaired) electrons. The van der Waals surface area contributed by atoms with Crippen LogP contribution in [0.15, 0.2) is 30.3 Å². The van der Waals surface area contributed by atoms with Crippen LogP contribution in [-0.4, -0.2) is 41.4 Å². The molecular weight excluding hydrogens is 294 g/mol. The highest BCUT2D eigenvalue weighted by molar-refractivity contribution is 5.91. The van der Waals surface area contributed by atoms with Crippen LogP contribution in [0.4, 0.5) is 5.69 Å². The van der Waals surface area contributed by atoms with Crippen LogP contribution in [0.25, 0.3) is 6.08 Å². The predicted octanol–water partition coefficient (Wildman–Crippen LogP) is 2.21. The molecule has 1 saturated heterocycles. The molecule has 6 heteroatoms. The van der Waals surface area contributed by atoms with Crippen LogP contribution in [0.3, 0.4) is 0 Å². The van der Waals surface area contributed by atoms with Crippen molar-refractivity contribution in [2.45, 2.75) is 25.3 Å². The summed E-state index contributed by atoms with van der Waals surface area (Å²) in [4.78, 5) is 24.7. The Morgan fingerprint density at radius 1 is 1.39 bits per heavy atom. The minimum atomic E-state index is -0.441. The average Bonchev–Trinajstić information content (AvgIpc) is 3.30. The first kappa shape index (κ1) is 15.7. The third-order valence-electron chi connectivity index (χ3n) is 4.45. The van der Waals surface area contributed by atoms with Gasteiger partial charge < -0.3 is 10.2 Å². The number of benzene rings is 1. The predicted molar refractivity (Wildman–Crippen MR) is 87.8 cm³/mol. The van der Waals surface area contributed by atoms with Crippen LogP contribution in [0.1, 0.15) is 24.8 Å². The zero-order valence-corrected chi connectivity index (χ0v) is 13.0. The Labute approximate surface area is 135 Å². The Hall–Kier alpha value is -2.21. The Balaban J connectivity index is 1.45. The summed E-state index contributed by atoms with van der Waals surface area (Å²) in [5.41, 5.74) is 0.675. The maximum atomic E-state index is 11.9. The van der Waals surface area contributed by atoms with Gasteiger partial charge in [-0.1, -0.05) is 12.1 Å². The molecule has 1 amide bonds. The fraction of sp³-hybridized carbons (Fsp3) is 0.471. The van der Waals surface area contributed by atoms with Crippen molar-refractivity contribution < 1.29 is 9.72 Å². The van der Waals surface area contributed by atoms with Crippen molar-refractivity contribution in [3.05, 3.63) is 46.0 Å². The zero-order chi connectivity index (χ0) is 16.2. The molecule has 0 bridgehead atoms. The Kier molecular flexibility index (Phi) is 4.71. The van der Waals surface area contributed by atoms with Crippen molar-refractivity contribution in [2.75, 3.05) is 19.6 Å². The van der Waals surface area contributed by atoms with Crippen molar-refractivity contribution >= 4 is 17.7 Å². The topological polar surface area (TPSA) is 75.5 Å². The molecule has 1 aromatic carbocycles. The Morgan fingerprint density at radius 3 is 2.96 bits per heavy atom. The number of nitrogens with zero attached hydrogens (tertiary/aromatic N) is 2. The van der Waals surface area contributed by atoms with Crippen LogP contribution in [0, 0.1) is 16.0 Å². The Bertz CT molecular complexity index is 625. The molecule has 2 aliphatic rings. The number of likely N-dealkylation sites (tertiary alicyclic amines) is 1. The monoisotopic (exact) mass is 315 g/mol. The fourth-order valence-electron chi connectivity index (χ4n) is 3.02. The summed E-state index contributed by atoms with van der Waals surface area (Å²) in [6, 6.07) is 7.03. The quantitative estimate of drug-likeness (QED) is 0.496. The molecule has 1 aromatic rings. The van der Waals surface area contributed by atoms with Gasteiger partial charge in [0.25, 0.3) is 5.69 Å². The van der Waals surface area contributed by atoms with Gasteiger partial charge in [0.05, 0.1) is 4.92 Å². The molecule has 1 aliphatic heterocycles. The molecule has 1 aliphatic carbocycles. The molecule has 1 atom stereocenters. The highest BCUT2D eigenvalue weighted by Gasteiger charge is 2.34. The van der Waals surface area contributed by atoms with Crippen molar-refractivity contribution in [3.8, 4) is 0 Å². The maximum Gasteiger partial charge on any atom is 0.270 e. The molecule has 0 spiro atoms. The molecule has 23 heavy (non-hydrogen) atoms. The van der Waals surface area contributed by atoms with Gasteiger partial charge in [0.15, 0.2) is 0 Å². The summed E-state index contributed by atoms with van der Waals surface area (Å²) in [6.45, 7) is 2.93. The van der Waals surface area contributed by atoms with E-state index in [1.165, 1.54) is 31.1 Å². The van der Waals surface area contributed by atoms with Gasteiger partial charge in [-0.05, 0) is 43.4 Å². The molecule has 1 heterocycles.